The van der Waals surface area contributed by atoms with Crippen LogP contribution in [0.25, 0.3) is 0 Å². The highest BCUT2D eigenvalue weighted by atomic mass is 32.1. The molecule has 1 aliphatic heterocycles. The van der Waals surface area contributed by atoms with Gasteiger partial charge in [-0.15, -0.1) is 11.3 Å². The Balaban J connectivity index is 1.52. The van der Waals surface area contributed by atoms with Crippen molar-refractivity contribution in [3.63, 3.8) is 0 Å². The Bertz CT molecular complexity index is 798. The minimum atomic E-state index is -0.591. The molecule has 1 aliphatic carbocycles. The zero-order valence-corrected chi connectivity index (χ0v) is 15.9. The van der Waals surface area contributed by atoms with E-state index in [1.807, 2.05) is 30.3 Å². The maximum absolute atomic E-state index is 13.1. The Morgan fingerprint density at radius 1 is 1.22 bits per heavy atom. The average molecular weight is 385 g/mol. The van der Waals surface area contributed by atoms with Crippen LogP contribution in [0, 0.1) is 0 Å². The minimum Gasteiger partial charge on any atom is -0.378 e. The van der Waals surface area contributed by atoms with Crippen LogP contribution < -0.4 is 5.32 Å². The lowest BCUT2D eigenvalue weighted by Crippen LogP contribution is -2.52. The van der Waals surface area contributed by atoms with Crippen LogP contribution in [0.4, 0.5) is 0 Å². The Morgan fingerprint density at radius 3 is 2.67 bits per heavy atom. The summed E-state index contributed by atoms with van der Waals surface area (Å²) in [5, 5.41) is 2.99. The van der Waals surface area contributed by atoms with Crippen molar-refractivity contribution in [2.45, 2.75) is 31.2 Å². The van der Waals surface area contributed by atoms with Crippen molar-refractivity contribution in [1.82, 2.24) is 15.2 Å². The van der Waals surface area contributed by atoms with Crippen molar-refractivity contribution in [3.8, 4) is 0 Å². The fraction of sp³-hybridized carbons (Fsp3) is 0.450. The number of nitrogens with one attached hydrogen (secondary N) is 1. The molecular formula is C20H23N3O3S. The lowest BCUT2D eigenvalue weighted by atomic mass is 10.0. The number of hydrogen-bond donors (Lipinski definition) is 1. The highest BCUT2D eigenvalue weighted by Crippen LogP contribution is 2.41. The maximum Gasteiger partial charge on any atom is 0.263 e. The number of ether oxygens (including phenoxy) is 1. The Labute approximate surface area is 162 Å². The molecule has 4 rings (SSSR count). The zero-order valence-electron chi connectivity index (χ0n) is 15.1. The summed E-state index contributed by atoms with van der Waals surface area (Å²) in [6.45, 7) is 2.21. The second-order valence-corrected chi connectivity index (χ2v) is 7.85. The van der Waals surface area contributed by atoms with Crippen LogP contribution in [0.5, 0.6) is 0 Å². The first-order valence-electron chi connectivity index (χ1n) is 9.37. The Hall–Kier alpha value is -2.25. The second-order valence-electron chi connectivity index (χ2n) is 6.99. The lowest BCUT2D eigenvalue weighted by molar-refractivity contribution is -0.137. The molecule has 2 aromatic rings. The van der Waals surface area contributed by atoms with Gasteiger partial charge in [-0.25, -0.2) is 4.98 Å². The van der Waals surface area contributed by atoms with Gasteiger partial charge in [0.05, 0.1) is 24.4 Å². The smallest absolute Gasteiger partial charge is 0.263 e. The van der Waals surface area contributed by atoms with Gasteiger partial charge < -0.3 is 15.0 Å². The number of amides is 2. The first-order valence-corrected chi connectivity index (χ1v) is 10.2. The number of benzene rings is 1. The van der Waals surface area contributed by atoms with E-state index in [1.165, 1.54) is 11.3 Å². The van der Waals surface area contributed by atoms with Crippen LogP contribution in [0.15, 0.2) is 35.8 Å². The molecule has 2 heterocycles. The van der Waals surface area contributed by atoms with Gasteiger partial charge in [0.2, 0.25) is 5.91 Å². The summed E-state index contributed by atoms with van der Waals surface area (Å²) in [4.78, 5) is 32.8. The van der Waals surface area contributed by atoms with Gasteiger partial charge in [-0.2, -0.15) is 0 Å². The van der Waals surface area contributed by atoms with E-state index in [1.54, 1.807) is 10.4 Å². The summed E-state index contributed by atoms with van der Waals surface area (Å²) >= 11 is 1.35. The van der Waals surface area contributed by atoms with Crippen molar-refractivity contribution >= 4 is 23.2 Å². The van der Waals surface area contributed by atoms with Gasteiger partial charge in [0.25, 0.3) is 5.91 Å². The highest BCUT2D eigenvalue weighted by molar-refractivity contribution is 7.11. The first-order chi connectivity index (χ1) is 13.2. The van der Waals surface area contributed by atoms with E-state index >= 15 is 0 Å². The zero-order chi connectivity index (χ0) is 18.6. The molecule has 1 aromatic heterocycles. The molecule has 1 saturated carbocycles. The number of carbonyl (C=O) groups is 2. The topological polar surface area (TPSA) is 71.5 Å². The predicted octanol–water partition coefficient (Wildman–Crippen LogP) is 2.22. The van der Waals surface area contributed by atoms with Gasteiger partial charge in [0.15, 0.2) is 0 Å². The first kappa shape index (κ1) is 18.1. The number of aromatic nitrogens is 1. The van der Waals surface area contributed by atoms with E-state index in [-0.39, 0.29) is 11.8 Å². The van der Waals surface area contributed by atoms with Crippen LogP contribution in [0.2, 0.25) is 0 Å². The second kappa shape index (κ2) is 8.19. The Morgan fingerprint density at radius 2 is 1.96 bits per heavy atom. The monoisotopic (exact) mass is 385 g/mol. The van der Waals surface area contributed by atoms with Gasteiger partial charge in [-0.1, -0.05) is 30.3 Å². The average Bonchev–Trinajstić information content (AvgIpc) is 3.44. The molecule has 1 unspecified atom stereocenters. The van der Waals surface area contributed by atoms with Crippen LogP contribution in [-0.2, 0) is 16.0 Å². The predicted molar refractivity (Wildman–Crippen MR) is 103 cm³/mol. The summed E-state index contributed by atoms with van der Waals surface area (Å²) in [5.74, 6) is 0.162. The van der Waals surface area contributed by atoms with Gasteiger partial charge in [0.1, 0.15) is 10.9 Å². The summed E-state index contributed by atoms with van der Waals surface area (Å²) < 4.78 is 5.35. The van der Waals surface area contributed by atoms with Crippen molar-refractivity contribution < 1.29 is 14.3 Å². The molecule has 0 radical (unpaired) electrons. The van der Waals surface area contributed by atoms with E-state index in [9.17, 15) is 9.59 Å². The molecule has 27 heavy (non-hydrogen) atoms. The molecule has 2 aliphatic rings. The molecule has 1 atom stereocenters. The molecule has 142 valence electrons. The summed E-state index contributed by atoms with van der Waals surface area (Å²) in [6, 6.07) is 9.21. The number of morpholine rings is 1. The molecule has 0 spiro atoms. The summed E-state index contributed by atoms with van der Waals surface area (Å²) in [5.41, 5.74) is 3.63. The number of hydrogen-bond acceptors (Lipinski definition) is 5. The number of carbonyl (C=O) groups excluding carboxylic acids is 2. The third-order valence-electron chi connectivity index (χ3n) is 4.97. The summed E-state index contributed by atoms with van der Waals surface area (Å²) in [7, 11) is 0. The SMILES string of the molecule is O=C(NC(Cc1ccccc1)C(=O)N1CCOCC1)c1scnc1C1CC1. The van der Waals surface area contributed by atoms with E-state index in [0.717, 1.165) is 24.1 Å². The van der Waals surface area contributed by atoms with E-state index < -0.39 is 6.04 Å². The molecule has 2 amide bonds. The standard InChI is InChI=1S/C20H23N3O3S/c24-19(18-17(15-6-7-15)21-13-27-18)22-16(12-14-4-2-1-3-5-14)20(25)23-8-10-26-11-9-23/h1-5,13,15-16H,6-12H2,(H,22,24). The van der Waals surface area contributed by atoms with Crippen molar-refractivity contribution in [2.24, 2.45) is 0 Å². The van der Waals surface area contributed by atoms with E-state index in [4.69, 9.17) is 4.74 Å². The van der Waals surface area contributed by atoms with Crippen molar-refractivity contribution in [1.29, 1.82) is 0 Å². The quantitative estimate of drug-likeness (QED) is 0.828. The van der Waals surface area contributed by atoms with Crippen LogP contribution >= 0.6 is 11.3 Å². The molecule has 2 fully saturated rings. The fourth-order valence-electron chi connectivity index (χ4n) is 3.35. The number of nitrogens with zero attached hydrogens (tertiary/aromatic N) is 2. The molecule has 7 heteroatoms. The molecule has 0 bridgehead atoms. The molecule has 1 N–H and O–H groups in total. The van der Waals surface area contributed by atoms with Crippen molar-refractivity contribution in [2.75, 3.05) is 26.3 Å². The molecular weight excluding hydrogens is 362 g/mol. The lowest BCUT2D eigenvalue weighted by Gasteiger charge is -2.30. The van der Waals surface area contributed by atoms with E-state index in [2.05, 4.69) is 10.3 Å². The highest BCUT2D eigenvalue weighted by Gasteiger charge is 2.33. The van der Waals surface area contributed by atoms with Crippen LogP contribution in [0.3, 0.4) is 0 Å². The van der Waals surface area contributed by atoms with Crippen LogP contribution in [-0.4, -0.2) is 54.0 Å². The molecule has 6 nitrogen and oxygen atoms in total. The normalized spacial score (nSPS) is 18.1. The van der Waals surface area contributed by atoms with Gasteiger partial charge in [-0.3, -0.25) is 9.59 Å². The fourth-order valence-corrected chi connectivity index (χ4v) is 4.13. The number of rotatable bonds is 6. The largest absolute Gasteiger partial charge is 0.378 e. The van der Waals surface area contributed by atoms with Crippen LogP contribution in [0.1, 0.15) is 39.7 Å². The summed E-state index contributed by atoms with van der Waals surface area (Å²) in [6.07, 6.45) is 2.65. The van der Waals surface area contributed by atoms with Gasteiger partial charge in [0, 0.05) is 25.4 Å². The molecule has 1 aromatic carbocycles. The minimum absolute atomic E-state index is 0.0482. The Kier molecular flexibility index (Phi) is 5.50. The van der Waals surface area contributed by atoms with Crippen molar-refractivity contribution in [3.05, 3.63) is 52.0 Å². The number of thiazole rings is 1. The third-order valence-corrected chi connectivity index (χ3v) is 5.82. The van der Waals surface area contributed by atoms with Gasteiger partial charge >= 0.3 is 0 Å². The maximum atomic E-state index is 13.1. The van der Waals surface area contributed by atoms with Gasteiger partial charge in [-0.05, 0) is 18.4 Å². The van der Waals surface area contributed by atoms with E-state index in [0.29, 0.717) is 43.5 Å². The molecule has 1 saturated heterocycles. The third kappa shape index (κ3) is 4.36.